The van der Waals surface area contributed by atoms with Crippen molar-refractivity contribution in [2.45, 2.75) is 59.0 Å². The third kappa shape index (κ3) is 26.9. The number of pyridine rings is 1. The van der Waals surface area contributed by atoms with Crippen LogP contribution in [-0.4, -0.2) is 70.3 Å². The van der Waals surface area contributed by atoms with Crippen LogP contribution >= 0.6 is 27.5 Å². The summed E-state index contributed by atoms with van der Waals surface area (Å²) in [6.07, 6.45) is 4.21. The van der Waals surface area contributed by atoms with Gasteiger partial charge in [0.15, 0.2) is 0 Å². The van der Waals surface area contributed by atoms with Crippen molar-refractivity contribution >= 4 is 275 Å². The molecule has 356 valence electrons. The maximum atomic E-state index is 13.6. The van der Waals surface area contributed by atoms with Gasteiger partial charge in [-0.2, -0.15) is 0 Å². The number of benzene rings is 1. The Morgan fingerprint density at radius 2 is 1.14 bits per heavy atom. The van der Waals surface area contributed by atoms with Crippen molar-refractivity contribution in [2.75, 3.05) is 32.7 Å². The van der Waals surface area contributed by atoms with Gasteiger partial charge in [0.25, 0.3) is 0 Å². The van der Waals surface area contributed by atoms with E-state index in [1.54, 1.807) is 131 Å². The van der Waals surface area contributed by atoms with Crippen molar-refractivity contribution in [3.63, 3.8) is 0 Å². The second-order valence-corrected chi connectivity index (χ2v) is 56.9. The van der Waals surface area contributed by atoms with Crippen LogP contribution in [-0.2, 0) is 245 Å². The number of hydrogen-bond donors (Lipinski definition) is 0. The first kappa shape index (κ1) is 61.1. The number of nitrogens with zero attached hydrogens (tertiary/aromatic N) is 4. The number of carbonyl (C=O) groups excluding carboxylic acids is 2. The second kappa shape index (κ2) is 37.5. The second-order valence-electron chi connectivity index (χ2n) is 13.1. The van der Waals surface area contributed by atoms with E-state index in [0.717, 1.165) is 54.8 Å². The van der Waals surface area contributed by atoms with Gasteiger partial charge in [0.2, 0.25) is 11.8 Å². The Morgan fingerprint density at radius 1 is 0.698 bits per heavy atom. The molecule has 2 saturated heterocycles. The van der Waals surface area contributed by atoms with E-state index in [1.165, 1.54) is 17.8 Å². The SMILES string of the molecule is CC(=O)N1CCC(CC(=O)N2CCN(C(c3ccc(Cl)cc3)c3ccc(Br)cn3)C[C@@H]2C(C)(C)C)CC1.S=S=S=S=S=S=S=S=S=S=S=S=S=S=S=S=S=S=S=S=S=S=S=S=S=S. The summed E-state index contributed by atoms with van der Waals surface area (Å²) >= 11 is 19.3. The predicted octanol–water partition coefficient (Wildman–Crippen LogP) is 5.73. The van der Waals surface area contributed by atoms with Gasteiger partial charge in [0.1, 0.15) is 0 Å². The number of aromatic nitrogens is 1. The van der Waals surface area contributed by atoms with E-state index in [2.05, 4.69) is 64.7 Å². The van der Waals surface area contributed by atoms with Gasteiger partial charge in [0, 0.05) is 303 Å². The highest BCUT2D eigenvalue weighted by atomic mass is 79.9. The van der Waals surface area contributed by atoms with E-state index >= 15 is 0 Å². The molecule has 2 aliphatic heterocycles. The molecule has 63 heavy (non-hydrogen) atoms. The molecule has 2 aromatic rings. The number of carbonyl (C=O) groups is 2. The summed E-state index contributed by atoms with van der Waals surface area (Å²) < 4.78 is 0.947. The first-order valence-corrected chi connectivity index (χ1v) is 51.9. The largest absolute Gasteiger partial charge is 0.343 e. The van der Waals surface area contributed by atoms with Crippen LogP contribution in [0.5, 0.6) is 0 Å². The van der Waals surface area contributed by atoms with Gasteiger partial charge >= 0.3 is 0 Å². The minimum absolute atomic E-state index is 0.0247. The van der Waals surface area contributed by atoms with E-state index < -0.39 is 0 Å². The normalized spacial score (nSPS) is 15.2. The Morgan fingerprint density at radius 3 is 1.52 bits per heavy atom. The van der Waals surface area contributed by atoms with Crippen molar-refractivity contribution in [1.29, 1.82) is 0 Å². The molecule has 34 heteroatoms. The third-order valence-electron chi connectivity index (χ3n) is 8.48. The summed E-state index contributed by atoms with van der Waals surface area (Å²) in [4.78, 5) is 36.6. The first-order chi connectivity index (χ1) is 30.4. The van der Waals surface area contributed by atoms with Crippen LogP contribution in [0.25, 0.3) is 0 Å². The number of amides is 2. The van der Waals surface area contributed by atoms with Crippen molar-refractivity contribution in [1.82, 2.24) is 19.7 Å². The van der Waals surface area contributed by atoms with E-state index in [9.17, 15) is 9.59 Å². The predicted molar refractivity (Wildman–Crippen MR) is 343 cm³/mol. The number of likely N-dealkylation sites (tertiary alicyclic amines) is 1. The first-order valence-electron chi connectivity index (χ1n) is 17.4. The number of hydrogen-bond acceptors (Lipinski definition) is 6. The zero-order chi connectivity index (χ0) is 45.7. The van der Waals surface area contributed by atoms with Crippen LogP contribution in [0.4, 0.5) is 0 Å². The Bertz CT molecular complexity index is 2870. The molecule has 1 aromatic carbocycles. The fourth-order valence-electron chi connectivity index (χ4n) is 5.91. The molecule has 4 rings (SSSR count). The summed E-state index contributed by atoms with van der Waals surface area (Å²) in [6, 6.07) is 12.2. The van der Waals surface area contributed by atoms with Crippen LogP contribution in [0.3, 0.4) is 0 Å². The van der Waals surface area contributed by atoms with E-state index in [0.29, 0.717) is 23.9 Å². The molecule has 0 aliphatic carbocycles. The Kier molecular flexibility index (Phi) is 36.3. The Labute approximate surface area is 462 Å². The van der Waals surface area contributed by atoms with Gasteiger partial charge in [0.05, 0.1) is 11.7 Å². The average molecular weight is 1420 g/mol. The minimum atomic E-state index is -0.0794. The number of halogens is 2. The number of piperazine rings is 1. The minimum Gasteiger partial charge on any atom is -0.343 e. The molecule has 1 aromatic heterocycles. The topological polar surface area (TPSA) is 56.8 Å². The molecule has 1 unspecified atom stereocenters. The van der Waals surface area contributed by atoms with E-state index in [1.807, 2.05) is 100 Å². The molecule has 0 saturated carbocycles. The molecular formula is C29H38BrClN4O2S26. The van der Waals surface area contributed by atoms with Gasteiger partial charge in [-0.15, -0.1) is 0 Å². The van der Waals surface area contributed by atoms with Crippen molar-refractivity contribution in [3.8, 4) is 0 Å². The summed E-state index contributed by atoms with van der Waals surface area (Å²) in [5, 5.41) is 0.711. The Balaban J connectivity index is 0.000000360. The lowest BCUT2D eigenvalue weighted by Gasteiger charge is -2.49. The smallest absolute Gasteiger partial charge is 0.223 e. The molecule has 2 fully saturated rings. The lowest BCUT2D eigenvalue weighted by atomic mass is 9.82. The zero-order valence-electron chi connectivity index (χ0n) is 32.9. The summed E-state index contributed by atoms with van der Waals surface area (Å²) in [5.41, 5.74) is 2.04. The molecule has 0 radical (unpaired) electrons. The van der Waals surface area contributed by atoms with Gasteiger partial charge in [-0.3, -0.25) is 19.5 Å². The van der Waals surface area contributed by atoms with Gasteiger partial charge in [-0.05, 0) is 69.9 Å². The summed E-state index contributed by atoms with van der Waals surface area (Å²) in [6.45, 7) is 12.0. The molecule has 0 N–H and O–H groups in total. The van der Waals surface area contributed by atoms with E-state index in [4.69, 9.17) is 39.0 Å². The van der Waals surface area contributed by atoms with E-state index in [-0.39, 0.29) is 29.3 Å². The molecule has 0 spiro atoms. The summed E-state index contributed by atoms with van der Waals surface area (Å²) in [5.74, 6) is 0.713. The fourth-order valence-corrected chi connectivity index (χ4v) is 66.6. The number of rotatable bonds is 5. The van der Waals surface area contributed by atoms with Crippen LogP contribution in [0.2, 0.25) is 5.02 Å². The zero-order valence-corrected chi connectivity index (χ0v) is 56.5. The van der Waals surface area contributed by atoms with Gasteiger partial charge in [-0.1, -0.05) is 44.5 Å². The maximum absolute atomic E-state index is 13.6. The third-order valence-corrected chi connectivity index (χ3v) is 60.3. The molecule has 6 nitrogen and oxygen atoms in total. The quantitative estimate of drug-likeness (QED) is 0.382. The highest BCUT2D eigenvalue weighted by Crippen LogP contribution is 2.36. The van der Waals surface area contributed by atoms with Gasteiger partial charge < -0.3 is 9.80 Å². The lowest BCUT2D eigenvalue weighted by Crippen LogP contribution is -2.60. The van der Waals surface area contributed by atoms with Crippen LogP contribution in [0, 0.1) is 11.3 Å². The molecule has 3 heterocycles. The number of piperidine rings is 1. The Hall–Kier alpha value is 3.76. The van der Waals surface area contributed by atoms with Crippen LogP contribution in [0.15, 0.2) is 47.1 Å². The maximum Gasteiger partial charge on any atom is 0.223 e. The van der Waals surface area contributed by atoms with Crippen molar-refractivity contribution in [3.05, 3.63) is 63.3 Å². The standard InChI is InChI=1S/C29H38BrClN4O2.S26/c1-20(36)33-13-11-21(12-14-33)17-27(37)35-16-15-34(19-26(35)29(2,3)4)28(22-5-8-24(31)9-6-22)25-10-7-23(30)18-32-25;1-3-5-7-9-11-13-15-17-19-21-23-25-26-24-22-20-18-16-14-12-10-8-6-4-2/h5-10,18,21,26,28H,11-17,19H2,1-4H3;/t26-,28?;/m1./s1. The lowest BCUT2D eigenvalue weighted by molar-refractivity contribution is -0.141. The monoisotopic (exact) mass is 1420 g/mol. The molecule has 2 aliphatic rings. The molecular weight excluding hydrogens is 1390 g/mol. The molecule has 2 amide bonds. The average Bonchev–Trinajstić information content (AvgIpc) is 3.27. The fraction of sp³-hybridized carbons (Fsp3) is 0.552. The highest BCUT2D eigenvalue weighted by Gasteiger charge is 2.41. The summed E-state index contributed by atoms with van der Waals surface area (Å²) in [7, 11) is 41.8. The van der Waals surface area contributed by atoms with Crippen molar-refractivity contribution < 1.29 is 9.59 Å². The van der Waals surface area contributed by atoms with Crippen molar-refractivity contribution in [2.24, 2.45) is 11.3 Å². The van der Waals surface area contributed by atoms with Gasteiger partial charge in [-0.25, -0.2) is 0 Å². The highest BCUT2D eigenvalue weighted by molar-refractivity contribution is 9.10. The van der Waals surface area contributed by atoms with Crippen LogP contribution < -0.4 is 0 Å². The van der Waals surface area contributed by atoms with Crippen LogP contribution in [0.1, 0.15) is 64.3 Å². The molecule has 0 bridgehead atoms. The molecule has 2 atom stereocenters.